The number of nitriles is 1. The van der Waals surface area contributed by atoms with Crippen LogP contribution in [0.4, 0.5) is 16.2 Å². The van der Waals surface area contributed by atoms with Crippen LogP contribution in [0, 0.1) is 21.4 Å². The summed E-state index contributed by atoms with van der Waals surface area (Å²) in [5.74, 6) is 0.652. The van der Waals surface area contributed by atoms with Crippen molar-refractivity contribution in [3.63, 3.8) is 0 Å². The van der Waals surface area contributed by atoms with Crippen molar-refractivity contribution in [1.82, 2.24) is 5.32 Å². The normalized spacial score (nSPS) is 12.4. The van der Waals surface area contributed by atoms with E-state index in [9.17, 15) is 20.2 Å². The fourth-order valence-electron chi connectivity index (χ4n) is 2.14. The van der Waals surface area contributed by atoms with Gasteiger partial charge in [-0.3, -0.25) is 10.1 Å². The van der Waals surface area contributed by atoms with E-state index >= 15 is 0 Å². The van der Waals surface area contributed by atoms with E-state index in [4.69, 9.17) is 4.74 Å². The number of hydrogen-bond acceptors (Lipinski definition) is 5. The number of ether oxygens (including phenoxy) is 1. The van der Waals surface area contributed by atoms with E-state index in [1.165, 1.54) is 38.3 Å². The highest BCUT2D eigenvalue weighted by molar-refractivity contribution is 5.90. The van der Waals surface area contributed by atoms with Gasteiger partial charge in [0, 0.05) is 17.8 Å². The Hall–Kier alpha value is -3.60. The molecule has 0 saturated heterocycles. The second-order valence-electron chi connectivity index (χ2n) is 5.35. The average Bonchev–Trinajstić information content (AvgIpc) is 2.62. The molecule has 2 N–H and O–H groups in total. The standard InChI is InChI=1S/C17H16N4O4/c1-17(11-18,12-3-7-14(8-4-12)21(23)24)20-16(22)19-13-5-9-15(25-2)10-6-13/h3-10H,1-2H3,(H2,19,20,22). The van der Waals surface area contributed by atoms with Crippen molar-refractivity contribution in [3.05, 3.63) is 64.2 Å². The van der Waals surface area contributed by atoms with Gasteiger partial charge in [-0.25, -0.2) is 4.79 Å². The number of nitro groups is 1. The van der Waals surface area contributed by atoms with Crippen LogP contribution in [0.2, 0.25) is 0 Å². The molecule has 0 aliphatic heterocycles. The predicted molar refractivity (Wildman–Crippen MR) is 91.2 cm³/mol. The number of urea groups is 1. The van der Waals surface area contributed by atoms with Gasteiger partial charge < -0.3 is 15.4 Å². The zero-order chi connectivity index (χ0) is 18.4. The summed E-state index contributed by atoms with van der Waals surface area (Å²) < 4.78 is 5.04. The third-order valence-corrected chi connectivity index (χ3v) is 3.59. The Morgan fingerprint density at radius 1 is 1.20 bits per heavy atom. The number of benzene rings is 2. The topological polar surface area (TPSA) is 117 Å². The summed E-state index contributed by atoms with van der Waals surface area (Å²) in [6.07, 6.45) is 0. The second-order valence-corrected chi connectivity index (χ2v) is 5.35. The maximum atomic E-state index is 12.2. The highest BCUT2D eigenvalue weighted by Crippen LogP contribution is 2.23. The molecule has 0 saturated carbocycles. The Labute approximate surface area is 144 Å². The highest BCUT2D eigenvalue weighted by Gasteiger charge is 2.29. The van der Waals surface area contributed by atoms with Gasteiger partial charge in [0.05, 0.1) is 18.1 Å². The molecule has 8 heteroatoms. The Kier molecular flexibility index (Phi) is 5.19. The maximum absolute atomic E-state index is 12.2. The van der Waals surface area contributed by atoms with Crippen LogP contribution in [0.25, 0.3) is 0 Å². The minimum atomic E-state index is -1.34. The molecular formula is C17H16N4O4. The van der Waals surface area contributed by atoms with Gasteiger partial charge in [0.25, 0.3) is 5.69 Å². The molecule has 0 radical (unpaired) electrons. The van der Waals surface area contributed by atoms with E-state index in [1.54, 1.807) is 24.3 Å². The van der Waals surface area contributed by atoms with Crippen LogP contribution in [0.5, 0.6) is 5.75 Å². The largest absolute Gasteiger partial charge is 0.497 e. The highest BCUT2D eigenvalue weighted by atomic mass is 16.6. The van der Waals surface area contributed by atoms with Gasteiger partial charge in [0.15, 0.2) is 5.54 Å². The van der Waals surface area contributed by atoms with Crippen LogP contribution in [0.3, 0.4) is 0 Å². The van der Waals surface area contributed by atoms with Crippen molar-refractivity contribution in [2.75, 3.05) is 12.4 Å². The van der Waals surface area contributed by atoms with Crippen molar-refractivity contribution < 1.29 is 14.5 Å². The maximum Gasteiger partial charge on any atom is 0.320 e. The first-order valence-corrected chi connectivity index (χ1v) is 7.27. The summed E-state index contributed by atoms with van der Waals surface area (Å²) in [7, 11) is 1.54. The molecule has 2 aromatic carbocycles. The molecule has 2 aromatic rings. The molecule has 2 rings (SSSR count). The Morgan fingerprint density at radius 3 is 2.28 bits per heavy atom. The number of nitrogens with one attached hydrogen (secondary N) is 2. The van der Waals surface area contributed by atoms with Gasteiger partial charge >= 0.3 is 6.03 Å². The molecule has 0 aliphatic carbocycles. The van der Waals surface area contributed by atoms with Crippen molar-refractivity contribution in [1.29, 1.82) is 5.26 Å². The number of methoxy groups -OCH3 is 1. The van der Waals surface area contributed by atoms with Gasteiger partial charge in [-0.2, -0.15) is 5.26 Å². The van der Waals surface area contributed by atoms with Crippen LogP contribution < -0.4 is 15.4 Å². The van der Waals surface area contributed by atoms with Gasteiger partial charge in [-0.15, -0.1) is 0 Å². The third kappa shape index (κ3) is 4.23. The van der Waals surface area contributed by atoms with E-state index in [-0.39, 0.29) is 5.69 Å². The molecule has 0 bridgehead atoms. The Bertz CT molecular complexity index is 812. The summed E-state index contributed by atoms with van der Waals surface area (Å²) in [5, 5.41) is 25.4. The van der Waals surface area contributed by atoms with E-state index in [0.717, 1.165) is 0 Å². The fourth-order valence-corrected chi connectivity index (χ4v) is 2.14. The van der Waals surface area contributed by atoms with Crippen molar-refractivity contribution >= 4 is 17.4 Å². The zero-order valence-electron chi connectivity index (χ0n) is 13.6. The molecule has 1 atom stereocenters. The lowest BCUT2D eigenvalue weighted by atomic mass is 9.93. The zero-order valence-corrected chi connectivity index (χ0v) is 13.6. The second kappa shape index (κ2) is 7.31. The van der Waals surface area contributed by atoms with Gasteiger partial charge in [0.2, 0.25) is 0 Å². The number of carbonyl (C=O) groups is 1. The van der Waals surface area contributed by atoms with E-state index in [0.29, 0.717) is 17.0 Å². The molecule has 8 nitrogen and oxygen atoms in total. The summed E-state index contributed by atoms with van der Waals surface area (Å²) in [5.41, 5.74) is -0.467. The Morgan fingerprint density at radius 2 is 1.80 bits per heavy atom. The van der Waals surface area contributed by atoms with Crippen molar-refractivity contribution in [2.45, 2.75) is 12.5 Å². The summed E-state index contributed by atoms with van der Waals surface area (Å²) in [6.45, 7) is 1.52. The third-order valence-electron chi connectivity index (χ3n) is 3.59. The van der Waals surface area contributed by atoms with Crippen molar-refractivity contribution in [2.24, 2.45) is 0 Å². The number of nitro benzene ring substituents is 1. The van der Waals surface area contributed by atoms with Crippen LogP contribution in [-0.4, -0.2) is 18.1 Å². The lowest BCUT2D eigenvalue weighted by Gasteiger charge is -2.24. The first-order chi connectivity index (χ1) is 11.9. The molecule has 25 heavy (non-hydrogen) atoms. The molecule has 0 aromatic heterocycles. The van der Waals surface area contributed by atoms with Crippen molar-refractivity contribution in [3.8, 4) is 11.8 Å². The van der Waals surface area contributed by atoms with E-state index in [2.05, 4.69) is 10.6 Å². The lowest BCUT2D eigenvalue weighted by Crippen LogP contribution is -2.44. The smallest absolute Gasteiger partial charge is 0.320 e. The molecular weight excluding hydrogens is 324 g/mol. The minimum Gasteiger partial charge on any atom is -0.497 e. The van der Waals surface area contributed by atoms with Crippen LogP contribution in [0.1, 0.15) is 12.5 Å². The number of rotatable bonds is 5. The average molecular weight is 340 g/mol. The van der Waals surface area contributed by atoms with Crippen LogP contribution in [0.15, 0.2) is 48.5 Å². The number of carbonyl (C=O) groups excluding carboxylic acids is 1. The lowest BCUT2D eigenvalue weighted by molar-refractivity contribution is -0.384. The summed E-state index contributed by atoms with van der Waals surface area (Å²) in [4.78, 5) is 22.4. The monoisotopic (exact) mass is 340 g/mol. The fraction of sp³-hybridized carbons (Fsp3) is 0.176. The van der Waals surface area contributed by atoms with Crippen LogP contribution in [-0.2, 0) is 5.54 Å². The molecule has 0 fully saturated rings. The van der Waals surface area contributed by atoms with Gasteiger partial charge in [-0.05, 0) is 48.9 Å². The summed E-state index contributed by atoms with van der Waals surface area (Å²) in [6, 6.07) is 13.6. The number of nitrogens with zero attached hydrogens (tertiary/aromatic N) is 2. The van der Waals surface area contributed by atoms with Gasteiger partial charge in [-0.1, -0.05) is 0 Å². The SMILES string of the molecule is COc1ccc(NC(=O)NC(C)(C#N)c2ccc([N+](=O)[O-])cc2)cc1. The minimum absolute atomic E-state index is 0.0910. The predicted octanol–water partition coefficient (Wildman–Crippen LogP) is 3.16. The Balaban J connectivity index is 2.12. The number of hydrogen-bond donors (Lipinski definition) is 2. The van der Waals surface area contributed by atoms with Gasteiger partial charge in [0.1, 0.15) is 5.75 Å². The summed E-state index contributed by atoms with van der Waals surface area (Å²) >= 11 is 0. The molecule has 2 amide bonds. The quantitative estimate of drug-likeness (QED) is 0.640. The number of amides is 2. The van der Waals surface area contributed by atoms with E-state index in [1.807, 2.05) is 6.07 Å². The number of non-ortho nitro benzene ring substituents is 1. The first kappa shape index (κ1) is 17.7. The molecule has 1 unspecified atom stereocenters. The molecule has 128 valence electrons. The number of anilines is 1. The first-order valence-electron chi connectivity index (χ1n) is 7.27. The molecule has 0 spiro atoms. The van der Waals surface area contributed by atoms with E-state index < -0.39 is 16.5 Å². The molecule has 0 aliphatic rings. The van der Waals surface area contributed by atoms with Crippen LogP contribution >= 0.6 is 0 Å². The molecule has 0 heterocycles.